The van der Waals surface area contributed by atoms with Crippen molar-refractivity contribution in [1.82, 2.24) is 15.2 Å². The normalized spacial score (nSPS) is 9.78. The minimum absolute atomic E-state index is 0. The van der Waals surface area contributed by atoms with E-state index in [1.807, 2.05) is 54.7 Å². The molecule has 0 aliphatic heterocycles. The fourth-order valence-corrected chi connectivity index (χ4v) is 1.75. The van der Waals surface area contributed by atoms with Gasteiger partial charge in [-0.1, -0.05) is 30.3 Å². The highest BCUT2D eigenvalue weighted by Gasteiger charge is 2.04. The Morgan fingerprint density at radius 3 is 2.39 bits per heavy atom. The average Bonchev–Trinajstić information content (AvgIpc) is 2.90. The van der Waals surface area contributed by atoms with E-state index in [-0.39, 0.29) is 12.4 Å². The number of pyridine rings is 1. The van der Waals surface area contributed by atoms with Crippen molar-refractivity contribution >= 4 is 12.4 Å². The van der Waals surface area contributed by atoms with Gasteiger partial charge in [0.1, 0.15) is 0 Å². The smallest absolute Gasteiger partial charge is 0.0927 e. The number of benzene rings is 1. The molecule has 1 aromatic carbocycles. The first kappa shape index (κ1) is 12.3. The van der Waals surface area contributed by atoms with Gasteiger partial charge in [0, 0.05) is 23.5 Å². The second kappa shape index (κ2) is 5.47. The van der Waals surface area contributed by atoms with E-state index in [0.29, 0.717) is 0 Å². The maximum Gasteiger partial charge on any atom is 0.0927 e. The minimum Gasteiger partial charge on any atom is -0.277 e. The molecule has 0 unspecified atom stereocenters. The van der Waals surface area contributed by atoms with E-state index < -0.39 is 0 Å². The van der Waals surface area contributed by atoms with Crippen LogP contribution in [-0.4, -0.2) is 15.2 Å². The molecule has 0 fully saturated rings. The molecule has 0 bridgehead atoms. The SMILES string of the molecule is Cl.c1ccc(-c2cc(-c3cccnc3)[nH]n2)cc1. The summed E-state index contributed by atoms with van der Waals surface area (Å²) in [7, 11) is 0. The molecule has 3 rings (SSSR count). The zero-order valence-electron chi connectivity index (χ0n) is 9.58. The van der Waals surface area contributed by atoms with E-state index in [1.54, 1.807) is 6.20 Å². The highest BCUT2D eigenvalue weighted by atomic mass is 35.5. The number of aromatic amines is 1. The summed E-state index contributed by atoms with van der Waals surface area (Å²) in [5.41, 5.74) is 4.09. The second-order valence-electron chi connectivity index (χ2n) is 3.77. The third-order valence-electron chi connectivity index (χ3n) is 2.62. The van der Waals surface area contributed by atoms with E-state index in [0.717, 1.165) is 22.5 Å². The maximum absolute atomic E-state index is 4.31. The summed E-state index contributed by atoms with van der Waals surface area (Å²) in [5.74, 6) is 0. The lowest BCUT2D eigenvalue weighted by Crippen LogP contribution is -1.78. The average molecular weight is 258 g/mol. The predicted octanol–water partition coefficient (Wildman–Crippen LogP) is 3.56. The van der Waals surface area contributed by atoms with Crippen LogP contribution in [0.1, 0.15) is 0 Å². The van der Waals surface area contributed by atoms with E-state index in [1.165, 1.54) is 0 Å². The summed E-state index contributed by atoms with van der Waals surface area (Å²) >= 11 is 0. The van der Waals surface area contributed by atoms with Crippen LogP contribution in [0.15, 0.2) is 60.9 Å². The topological polar surface area (TPSA) is 41.6 Å². The Balaban J connectivity index is 0.00000120. The fourth-order valence-electron chi connectivity index (χ4n) is 1.75. The molecule has 18 heavy (non-hydrogen) atoms. The van der Waals surface area contributed by atoms with Gasteiger partial charge in [0.25, 0.3) is 0 Å². The van der Waals surface area contributed by atoms with Crippen LogP contribution in [0.5, 0.6) is 0 Å². The highest BCUT2D eigenvalue weighted by molar-refractivity contribution is 5.85. The number of hydrogen-bond acceptors (Lipinski definition) is 2. The molecule has 0 saturated heterocycles. The van der Waals surface area contributed by atoms with Crippen LogP contribution in [-0.2, 0) is 0 Å². The van der Waals surface area contributed by atoms with Crippen LogP contribution >= 0.6 is 12.4 Å². The van der Waals surface area contributed by atoms with Gasteiger partial charge >= 0.3 is 0 Å². The van der Waals surface area contributed by atoms with Gasteiger partial charge in [0.05, 0.1) is 11.4 Å². The third-order valence-corrected chi connectivity index (χ3v) is 2.62. The number of rotatable bonds is 2. The Labute approximate surface area is 111 Å². The molecule has 0 aliphatic carbocycles. The van der Waals surface area contributed by atoms with Crippen molar-refractivity contribution in [3.8, 4) is 22.5 Å². The molecule has 1 N–H and O–H groups in total. The van der Waals surface area contributed by atoms with Crippen molar-refractivity contribution in [2.45, 2.75) is 0 Å². The van der Waals surface area contributed by atoms with Crippen molar-refractivity contribution in [1.29, 1.82) is 0 Å². The molecule has 0 saturated carbocycles. The lowest BCUT2D eigenvalue weighted by molar-refractivity contribution is 1.10. The van der Waals surface area contributed by atoms with Gasteiger partial charge in [0.2, 0.25) is 0 Å². The molecule has 0 radical (unpaired) electrons. The van der Waals surface area contributed by atoms with Gasteiger partial charge in [-0.25, -0.2) is 0 Å². The number of nitrogens with one attached hydrogen (secondary N) is 1. The van der Waals surface area contributed by atoms with E-state index in [4.69, 9.17) is 0 Å². The predicted molar refractivity (Wildman–Crippen MR) is 74.5 cm³/mol. The molecule has 0 aliphatic rings. The van der Waals surface area contributed by atoms with Gasteiger partial charge in [-0.3, -0.25) is 10.1 Å². The summed E-state index contributed by atoms with van der Waals surface area (Å²) < 4.78 is 0. The van der Waals surface area contributed by atoms with E-state index >= 15 is 0 Å². The number of nitrogens with zero attached hydrogens (tertiary/aromatic N) is 2. The van der Waals surface area contributed by atoms with E-state index in [2.05, 4.69) is 15.2 Å². The zero-order chi connectivity index (χ0) is 11.5. The summed E-state index contributed by atoms with van der Waals surface area (Å²) in [4.78, 5) is 4.10. The molecule has 0 atom stereocenters. The number of aromatic nitrogens is 3. The monoisotopic (exact) mass is 257 g/mol. The van der Waals surface area contributed by atoms with Gasteiger partial charge < -0.3 is 0 Å². The zero-order valence-corrected chi connectivity index (χ0v) is 10.4. The number of H-pyrrole nitrogens is 1. The van der Waals surface area contributed by atoms with Crippen molar-refractivity contribution in [3.63, 3.8) is 0 Å². The molecule has 3 nitrogen and oxygen atoms in total. The Morgan fingerprint density at radius 1 is 0.889 bits per heavy atom. The van der Waals surface area contributed by atoms with Crippen LogP contribution in [0.25, 0.3) is 22.5 Å². The van der Waals surface area contributed by atoms with Crippen molar-refractivity contribution in [2.24, 2.45) is 0 Å². The third kappa shape index (κ3) is 2.41. The molecule has 3 aromatic rings. The number of halogens is 1. The van der Waals surface area contributed by atoms with Crippen molar-refractivity contribution in [3.05, 3.63) is 60.9 Å². The first-order valence-corrected chi connectivity index (χ1v) is 5.45. The molecule has 4 heteroatoms. The van der Waals surface area contributed by atoms with Crippen LogP contribution < -0.4 is 0 Å². The first-order chi connectivity index (χ1) is 8.43. The Hall–Kier alpha value is -2.13. The van der Waals surface area contributed by atoms with Crippen molar-refractivity contribution in [2.75, 3.05) is 0 Å². The fraction of sp³-hybridized carbons (Fsp3) is 0. The van der Waals surface area contributed by atoms with Crippen LogP contribution in [0, 0.1) is 0 Å². The Bertz CT molecular complexity index is 551. The summed E-state index contributed by atoms with van der Waals surface area (Å²) in [6.07, 6.45) is 3.58. The lowest BCUT2D eigenvalue weighted by Gasteiger charge is -1.94. The minimum atomic E-state index is 0. The van der Waals surface area contributed by atoms with Crippen LogP contribution in [0.3, 0.4) is 0 Å². The first-order valence-electron chi connectivity index (χ1n) is 5.45. The molecule has 0 amide bonds. The van der Waals surface area contributed by atoms with E-state index in [9.17, 15) is 0 Å². The maximum atomic E-state index is 4.31. The van der Waals surface area contributed by atoms with Crippen molar-refractivity contribution < 1.29 is 0 Å². The molecule has 2 aromatic heterocycles. The Morgan fingerprint density at radius 2 is 1.67 bits per heavy atom. The summed E-state index contributed by atoms with van der Waals surface area (Å²) in [5, 5.41) is 7.34. The molecule has 2 heterocycles. The molecule has 0 spiro atoms. The largest absolute Gasteiger partial charge is 0.277 e. The quantitative estimate of drug-likeness (QED) is 0.763. The number of hydrogen-bond donors (Lipinski definition) is 1. The van der Waals surface area contributed by atoms with Gasteiger partial charge in [-0.15, -0.1) is 12.4 Å². The molecular formula is C14H12ClN3. The Kier molecular flexibility index (Phi) is 3.75. The van der Waals surface area contributed by atoms with Gasteiger partial charge in [-0.2, -0.15) is 5.10 Å². The van der Waals surface area contributed by atoms with Gasteiger partial charge in [-0.05, 0) is 18.2 Å². The highest BCUT2D eigenvalue weighted by Crippen LogP contribution is 2.22. The van der Waals surface area contributed by atoms with Gasteiger partial charge in [0.15, 0.2) is 0 Å². The van der Waals surface area contributed by atoms with Crippen LogP contribution in [0.2, 0.25) is 0 Å². The standard InChI is InChI=1S/C14H11N3.ClH/c1-2-5-11(6-3-1)13-9-14(17-16-13)12-7-4-8-15-10-12;/h1-10H,(H,16,17);1H. The summed E-state index contributed by atoms with van der Waals surface area (Å²) in [6.45, 7) is 0. The van der Waals surface area contributed by atoms with Crippen LogP contribution in [0.4, 0.5) is 0 Å². The molecular weight excluding hydrogens is 246 g/mol. The molecule has 90 valence electrons. The lowest BCUT2D eigenvalue weighted by atomic mass is 10.1. The second-order valence-corrected chi connectivity index (χ2v) is 3.77. The summed E-state index contributed by atoms with van der Waals surface area (Å²) in [6, 6.07) is 16.1.